The van der Waals surface area contributed by atoms with Crippen LogP contribution in [-0.4, -0.2) is 22.2 Å². The van der Waals surface area contributed by atoms with Gasteiger partial charge in [-0.25, -0.2) is 0 Å². The van der Waals surface area contributed by atoms with E-state index in [0.29, 0.717) is 22.1 Å². The molecule has 1 N–H and O–H groups in total. The minimum atomic E-state index is -0.803. The van der Waals surface area contributed by atoms with Crippen LogP contribution in [0.5, 0.6) is 5.75 Å². The van der Waals surface area contributed by atoms with Crippen LogP contribution in [-0.2, 0) is 11.3 Å². The number of aromatic nitrogens is 2. The van der Waals surface area contributed by atoms with Crippen LogP contribution in [0.4, 0.5) is 5.69 Å². The zero-order chi connectivity index (χ0) is 19.4. The minimum Gasteiger partial charge on any atom is -0.497 e. The van der Waals surface area contributed by atoms with Crippen LogP contribution in [0.25, 0.3) is 5.69 Å². The van der Waals surface area contributed by atoms with Crippen molar-refractivity contribution in [3.8, 4) is 11.4 Å². The molecule has 27 heavy (non-hydrogen) atoms. The predicted octanol–water partition coefficient (Wildman–Crippen LogP) is 2.30. The largest absolute Gasteiger partial charge is 0.497 e. The van der Waals surface area contributed by atoms with E-state index in [0.717, 1.165) is 4.57 Å². The molecule has 0 aliphatic rings. The summed E-state index contributed by atoms with van der Waals surface area (Å²) in [6.07, 6.45) is 2.81. The molecule has 0 saturated heterocycles. The van der Waals surface area contributed by atoms with Crippen LogP contribution in [0.3, 0.4) is 0 Å². The topological polar surface area (TPSA) is 82.3 Å². The van der Waals surface area contributed by atoms with E-state index in [1.807, 2.05) is 0 Å². The lowest BCUT2D eigenvalue weighted by Crippen LogP contribution is -2.41. The fraction of sp³-hybridized carbons (Fsp3) is 0.105. The molecule has 3 rings (SSSR count). The smallest absolute Gasteiger partial charge is 0.320 e. The molecule has 3 aromatic rings. The van der Waals surface area contributed by atoms with Gasteiger partial charge >= 0.3 is 11.1 Å². The van der Waals surface area contributed by atoms with Crippen molar-refractivity contribution in [2.75, 3.05) is 12.4 Å². The number of carbonyl (C=O) groups excluding carboxylic acids is 1. The van der Waals surface area contributed by atoms with Crippen molar-refractivity contribution in [1.82, 2.24) is 9.13 Å². The Morgan fingerprint density at radius 3 is 2.48 bits per heavy atom. The van der Waals surface area contributed by atoms with Crippen LogP contribution >= 0.6 is 11.6 Å². The highest BCUT2D eigenvalue weighted by Gasteiger charge is 2.10. The summed E-state index contributed by atoms with van der Waals surface area (Å²) >= 11 is 5.92. The second-order valence-electron chi connectivity index (χ2n) is 5.66. The quantitative estimate of drug-likeness (QED) is 0.683. The summed E-state index contributed by atoms with van der Waals surface area (Å²) in [6.45, 7) is -0.281. The van der Waals surface area contributed by atoms with Crippen molar-refractivity contribution in [2.45, 2.75) is 6.54 Å². The Bertz CT molecular complexity index is 1090. The maximum atomic E-state index is 12.4. The molecule has 0 radical (unpaired) electrons. The van der Waals surface area contributed by atoms with Gasteiger partial charge in [-0.15, -0.1) is 0 Å². The molecular formula is C19H16ClN3O4. The number of nitrogens with zero attached hydrogens (tertiary/aromatic N) is 2. The number of carbonyl (C=O) groups is 1. The lowest BCUT2D eigenvalue weighted by molar-refractivity contribution is -0.116. The molecule has 0 saturated carbocycles. The molecule has 0 bridgehead atoms. The van der Waals surface area contributed by atoms with E-state index < -0.39 is 17.0 Å². The molecule has 138 valence electrons. The van der Waals surface area contributed by atoms with Crippen molar-refractivity contribution in [1.29, 1.82) is 0 Å². The third-order valence-electron chi connectivity index (χ3n) is 3.83. The average Bonchev–Trinajstić information content (AvgIpc) is 2.66. The molecular weight excluding hydrogens is 370 g/mol. The zero-order valence-corrected chi connectivity index (χ0v) is 15.1. The monoisotopic (exact) mass is 385 g/mol. The maximum Gasteiger partial charge on any atom is 0.320 e. The highest BCUT2D eigenvalue weighted by molar-refractivity contribution is 6.30. The van der Waals surface area contributed by atoms with E-state index >= 15 is 0 Å². The third-order valence-corrected chi connectivity index (χ3v) is 4.07. The van der Waals surface area contributed by atoms with Gasteiger partial charge < -0.3 is 10.1 Å². The van der Waals surface area contributed by atoms with Crippen LogP contribution in [0, 0.1) is 0 Å². The summed E-state index contributed by atoms with van der Waals surface area (Å²) in [6, 6.07) is 13.3. The fourth-order valence-electron chi connectivity index (χ4n) is 2.49. The molecule has 0 aliphatic heterocycles. The van der Waals surface area contributed by atoms with Gasteiger partial charge in [0.15, 0.2) is 0 Å². The van der Waals surface area contributed by atoms with E-state index in [4.69, 9.17) is 16.3 Å². The summed E-state index contributed by atoms with van der Waals surface area (Å²) in [5.74, 6) is 0.232. The van der Waals surface area contributed by atoms with Gasteiger partial charge in [-0.1, -0.05) is 17.7 Å². The molecule has 1 aromatic heterocycles. The van der Waals surface area contributed by atoms with Gasteiger partial charge in [0.1, 0.15) is 12.3 Å². The van der Waals surface area contributed by atoms with Crippen molar-refractivity contribution in [3.05, 3.63) is 86.7 Å². The van der Waals surface area contributed by atoms with Crippen LogP contribution in [0.2, 0.25) is 5.02 Å². The molecule has 0 spiro atoms. The van der Waals surface area contributed by atoms with Crippen molar-refractivity contribution < 1.29 is 9.53 Å². The Labute approximate surface area is 159 Å². The predicted molar refractivity (Wildman–Crippen MR) is 103 cm³/mol. The van der Waals surface area contributed by atoms with Crippen LogP contribution < -0.4 is 21.2 Å². The van der Waals surface area contributed by atoms with Crippen LogP contribution in [0.1, 0.15) is 0 Å². The number of hydrogen-bond donors (Lipinski definition) is 1. The number of methoxy groups -OCH3 is 1. The zero-order valence-electron chi connectivity index (χ0n) is 14.4. The second kappa shape index (κ2) is 7.92. The van der Waals surface area contributed by atoms with Crippen molar-refractivity contribution in [2.24, 2.45) is 0 Å². The standard InChI is InChI=1S/C19H16ClN3O4/c1-27-16-7-5-14(6-8-16)21-17(24)12-22-9-10-23(19(26)18(22)25)15-4-2-3-13(20)11-15/h2-11H,12H2,1H3,(H,21,24). The Kier molecular flexibility index (Phi) is 5.42. The van der Waals surface area contributed by atoms with Gasteiger partial charge in [-0.2, -0.15) is 0 Å². The normalized spacial score (nSPS) is 10.4. The third kappa shape index (κ3) is 4.27. The minimum absolute atomic E-state index is 0.281. The Morgan fingerprint density at radius 2 is 1.81 bits per heavy atom. The molecule has 2 aromatic carbocycles. The van der Waals surface area contributed by atoms with Gasteiger partial charge in [0.25, 0.3) is 0 Å². The summed E-state index contributed by atoms with van der Waals surface area (Å²) in [4.78, 5) is 36.8. The first kappa shape index (κ1) is 18.5. The van der Waals surface area contributed by atoms with Crippen LogP contribution in [0.15, 0.2) is 70.5 Å². The van der Waals surface area contributed by atoms with Gasteiger partial charge in [0, 0.05) is 23.1 Å². The Hall–Kier alpha value is -3.32. The number of hydrogen-bond acceptors (Lipinski definition) is 4. The molecule has 8 heteroatoms. The van der Waals surface area contributed by atoms with E-state index in [-0.39, 0.29) is 6.54 Å². The molecule has 0 unspecified atom stereocenters. The maximum absolute atomic E-state index is 12.4. The summed E-state index contributed by atoms with van der Waals surface area (Å²) in [5.41, 5.74) is -0.542. The van der Waals surface area contributed by atoms with Gasteiger partial charge in [-0.3, -0.25) is 23.5 Å². The van der Waals surface area contributed by atoms with Gasteiger partial charge in [-0.05, 0) is 42.5 Å². The number of benzene rings is 2. The average molecular weight is 386 g/mol. The first-order valence-electron chi connectivity index (χ1n) is 8.00. The number of rotatable bonds is 5. The fourth-order valence-corrected chi connectivity index (χ4v) is 2.68. The Morgan fingerprint density at radius 1 is 1.07 bits per heavy atom. The second-order valence-corrected chi connectivity index (χ2v) is 6.10. The summed E-state index contributed by atoms with van der Waals surface area (Å²) in [5, 5.41) is 3.11. The lowest BCUT2D eigenvalue weighted by atomic mass is 10.3. The van der Waals surface area contributed by atoms with E-state index in [2.05, 4.69) is 5.32 Å². The number of amides is 1. The SMILES string of the molecule is COc1ccc(NC(=O)Cn2ccn(-c3cccc(Cl)c3)c(=O)c2=O)cc1. The first-order valence-corrected chi connectivity index (χ1v) is 8.37. The number of ether oxygens (including phenoxy) is 1. The molecule has 0 fully saturated rings. The summed E-state index contributed by atoms with van der Waals surface area (Å²) in [7, 11) is 1.55. The number of anilines is 1. The van der Waals surface area contributed by atoms with Crippen molar-refractivity contribution in [3.63, 3.8) is 0 Å². The highest BCUT2D eigenvalue weighted by atomic mass is 35.5. The molecule has 7 nitrogen and oxygen atoms in total. The van der Waals surface area contributed by atoms with E-state index in [1.165, 1.54) is 17.0 Å². The number of halogens is 1. The van der Waals surface area contributed by atoms with E-state index in [9.17, 15) is 14.4 Å². The molecule has 0 atom stereocenters. The van der Waals surface area contributed by atoms with Gasteiger partial charge in [0.05, 0.1) is 12.8 Å². The lowest BCUT2D eigenvalue weighted by Gasteiger charge is -2.10. The Balaban J connectivity index is 1.79. The highest BCUT2D eigenvalue weighted by Crippen LogP contribution is 2.15. The molecule has 1 amide bonds. The number of nitrogens with one attached hydrogen (secondary N) is 1. The first-order chi connectivity index (χ1) is 13.0. The van der Waals surface area contributed by atoms with Crippen molar-refractivity contribution >= 4 is 23.2 Å². The molecule has 1 heterocycles. The van der Waals surface area contributed by atoms with Gasteiger partial charge in [0.2, 0.25) is 5.91 Å². The molecule has 0 aliphatic carbocycles. The summed E-state index contributed by atoms with van der Waals surface area (Å²) < 4.78 is 7.29. The van der Waals surface area contributed by atoms with E-state index in [1.54, 1.807) is 55.6 Å².